The minimum Gasteiger partial charge on any atom is -0.311 e. The summed E-state index contributed by atoms with van der Waals surface area (Å²) in [7, 11) is 4.47. The second-order valence-corrected chi connectivity index (χ2v) is 6.83. The molecule has 2 saturated heterocycles. The van der Waals surface area contributed by atoms with Gasteiger partial charge in [-0.25, -0.2) is 0 Å². The van der Waals surface area contributed by atoms with Crippen LogP contribution in [0, 0.1) is 0 Å². The minimum absolute atomic E-state index is 0.522. The van der Waals surface area contributed by atoms with Gasteiger partial charge in [-0.3, -0.25) is 9.80 Å². The lowest BCUT2D eigenvalue weighted by atomic mass is 10.0. The van der Waals surface area contributed by atoms with Crippen LogP contribution in [-0.4, -0.2) is 80.7 Å². The molecule has 0 amide bonds. The summed E-state index contributed by atoms with van der Waals surface area (Å²) >= 11 is 0. The van der Waals surface area contributed by atoms with Gasteiger partial charge in [0.2, 0.25) is 0 Å². The molecule has 22 heavy (non-hydrogen) atoms. The van der Waals surface area contributed by atoms with Crippen molar-refractivity contribution in [3.05, 3.63) is 35.9 Å². The Hall–Kier alpha value is -0.940. The summed E-state index contributed by atoms with van der Waals surface area (Å²) in [6.45, 7) is 8.31. The van der Waals surface area contributed by atoms with E-state index in [0.29, 0.717) is 12.1 Å². The molecular formula is C18H30N4. The molecule has 2 atom stereocenters. The molecule has 0 saturated carbocycles. The topological polar surface area (TPSA) is 21.8 Å². The van der Waals surface area contributed by atoms with Crippen LogP contribution < -0.4 is 5.32 Å². The van der Waals surface area contributed by atoms with E-state index in [1.807, 2.05) is 0 Å². The van der Waals surface area contributed by atoms with E-state index >= 15 is 0 Å². The first-order chi connectivity index (χ1) is 10.7. The Balaban J connectivity index is 1.49. The fourth-order valence-corrected chi connectivity index (χ4v) is 3.78. The molecule has 4 heteroatoms. The Morgan fingerprint density at radius 2 is 1.73 bits per heavy atom. The SMILES string of the molecule is CN1CCN(CCNC2CCN(C)C2c2ccccc2)CC1. The molecule has 2 aliphatic heterocycles. The zero-order chi connectivity index (χ0) is 15.4. The largest absolute Gasteiger partial charge is 0.311 e. The maximum absolute atomic E-state index is 3.82. The average molecular weight is 302 g/mol. The van der Waals surface area contributed by atoms with E-state index in [4.69, 9.17) is 0 Å². The molecule has 2 unspecified atom stereocenters. The average Bonchev–Trinajstić information content (AvgIpc) is 2.91. The molecule has 1 aromatic carbocycles. The van der Waals surface area contributed by atoms with Gasteiger partial charge in [-0.15, -0.1) is 0 Å². The third-order valence-corrected chi connectivity index (χ3v) is 5.22. The molecule has 0 spiro atoms. The second-order valence-electron chi connectivity index (χ2n) is 6.83. The lowest BCUT2D eigenvalue weighted by molar-refractivity contribution is 0.152. The molecule has 2 aliphatic rings. The van der Waals surface area contributed by atoms with Crippen molar-refractivity contribution in [2.45, 2.75) is 18.5 Å². The number of nitrogens with zero attached hydrogens (tertiary/aromatic N) is 3. The van der Waals surface area contributed by atoms with Gasteiger partial charge in [0.15, 0.2) is 0 Å². The van der Waals surface area contributed by atoms with E-state index in [-0.39, 0.29) is 0 Å². The number of rotatable bonds is 5. The Labute approximate surface area is 135 Å². The maximum atomic E-state index is 3.82. The standard InChI is InChI=1S/C18H30N4/c1-20-12-14-22(15-13-20)11-9-19-17-8-10-21(2)18(17)16-6-4-3-5-7-16/h3-7,17-19H,8-15H2,1-2H3. The number of likely N-dealkylation sites (tertiary alicyclic amines) is 1. The molecule has 4 nitrogen and oxygen atoms in total. The van der Waals surface area contributed by atoms with Crippen molar-refractivity contribution in [3.8, 4) is 0 Å². The molecular weight excluding hydrogens is 272 g/mol. The molecule has 0 bridgehead atoms. The summed E-state index contributed by atoms with van der Waals surface area (Å²) in [6, 6.07) is 12.1. The van der Waals surface area contributed by atoms with Crippen molar-refractivity contribution in [2.24, 2.45) is 0 Å². The highest BCUT2D eigenvalue weighted by atomic mass is 15.3. The number of likely N-dealkylation sites (N-methyl/N-ethyl adjacent to an activating group) is 2. The van der Waals surface area contributed by atoms with Gasteiger partial charge in [0, 0.05) is 57.9 Å². The third-order valence-electron chi connectivity index (χ3n) is 5.22. The van der Waals surface area contributed by atoms with Crippen LogP contribution >= 0.6 is 0 Å². The summed E-state index contributed by atoms with van der Waals surface area (Å²) in [5.74, 6) is 0. The van der Waals surface area contributed by atoms with Crippen molar-refractivity contribution < 1.29 is 0 Å². The molecule has 0 aromatic heterocycles. The molecule has 2 fully saturated rings. The first kappa shape index (κ1) is 15.9. The Bertz CT molecular complexity index is 442. The summed E-state index contributed by atoms with van der Waals surface area (Å²) in [6.07, 6.45) is 1.25. The van der Waals surface area contributed by atoms with Crippen LogP contribution in [0.1, 0.15) is 18.0 Å². The first-order valence-electron chi connectivity index (χ1n) is 8.63. The van der Waals surface area contributed by atoms with E-state index in [9.17, 15) is 0 Å². The quantitative estimate of drug-likeness (QED) is 0.884. The Morgan fingerprint density at radius 1 is 1.00 bits per heavy atom. The normalized spacial score (nSPS) is 28.3. The Morgan fingerprint density at radius 3 is 2.45 bits per heavy atom. The van der Waals surface area contributed by atoms with Crippen LogP contribution in [0.4, 0.5) is 0 Å². The smallest absolute Gasteiger partial charge is 0.0498 e. The first-order valence-corrected chi connectivity index (χ1v) is 8.63. The van der Waals surface area contributed by atoms with Gasteiger partial charge >= 0.3 is 0 Å². The molecule has 2 heterocycles. The molecule has 122 valence electrons. The van der Waals surface area contributed by atoms with Gasteiger partial charge in [-0.1, -0.05) is 30.3 Å². The molecule has 1 N–H and O–H groups in total. The molecule has 0 radical (unpaired) electrons. The molecule has 3 rings (SSSR count). The lowest BCUT2D eigenvalue weighted by Gasteiger charge is -2.33. The van der Waals surface area contributed by atoms with Gasteiger partial charge < -0.3 is 10.2 Å². The number of piperazine rings is 1. The third kappa shape index (κ3) is 3.87. The van der Waals surface area contributed by atoms with Gasteiger partial charge in [0.05, 0.1) is 0 Å². The van der Waals surface area contributed by atoms with E-state index in [0.717, 1.165) is 6.54 Å². The fourth-order valence-electron chi connectivity index (χ4n) is 3.78. The van der Waals surface area contributed by atoms with Crippen LogP contribution in [0.25, 0.3) is 0 Å². The Kier molecular flexibility index (Phi) is 5.47. The number of hydrogen-bond acceptors (Lipinski definition) is 4. The second kappa shape index (κ2) is 7.55. The number of hydrogen-bond donors (Lipinski definition) is 1. The van der Waals surface area contributed by atoms with Crippen LogP contribution in [-0.2, 0) is 0 Å². The fraction of sp³-hybridized carbons (Fsp3) is 0.667. The number of benzene rings is 1. The van der Waals surface area contributed by atoms with Crippen LogP contribution in [0.2, 0.25) is 0 Å². The molecule has 1 aromatic rings. The lowest BCUT2D eigenvalue weighted by Crippen LogP contribution is -2.47. The summed E-state index contributed by atoms with van der Waals surface area (Å²) in [5.41, 5.74) is 1.44. The zero-order valence-corrected chi connectivity index (χ0v) is 14.0. The number of nitrogens with one attached hydrogen (secondary N) is 1. The van der Waals surface area contributed by atoms with E-state index in [1.165, 1.54) is 51.3 Å². The maximum Gasteiger partial charge on any atom is 0.0498 e. The molecule has 0 aliphatic carbocycles. The highest BCUT2D eigenvalue weighted by Crippen LogP contribution is 2.30. The van der Waals surface area contributed by atoms with Gasteiger partial charge in [0.25, 0.3) is 0 Å². The van der Waals surface area contributed by atoms with Crippen molar-refractivity contribution >= 4 is 0 Å². The van der Waals surface area contributed by atoms with Crippen LogP contribution in [0.15, 0.2) is 30.3 Å². The van der Waals surface area contributed by atoms with Crippen LogP contribution in [0.3, 0.4) is 0 Å². The highest BCUT2D eigenvalue weighted by Gasteiger charge is 2.32. The van der Waals surface area contributed by atoms with Crippen molar-refractivity contribution in [3.63, 3.8) is 0 Å². The van der Waals surface area contributed by atoms with Crippen LogP contribution in [0.5, 0.6) is 0 Å². The summed E-state index contributed by atoms with van der Waals surface area (Å²) < 4.78 is 0. The summed E-state index contributed by atoms with van der Waals surface area (Å²) in [5, 5.41) is 3.82. The highest BCUT2D eigenvalue weighted by molar-refractivity contribution is 5.22. The zero-order valence-electron chi connectivity index (χ0n) is 14.0. The predicted octanol–water partition coefficient (Wildman–Crippen LogP) is 1.27. The monoisotopic (exact) mass is 302 g/mol. The van der Waals surface area contributed by atoms with Crippen molar-refractivity contribution in [2.75, 3.05) is 59.9 Å². The minimum atomic E-state index is 0.522. The van der Waals surface area contributed by atoms with Crippen molar-refractivity contribution in [1.29, 1.82) is 0 Å². The van der Waals surface area contributed by atoms with Gasteiger partial charge in [0.1, 0.15) is 0 Å². The van der Waals surface area contributed by atoms with Gasteiger partial charge in [-0.05, 0) is 26.1 Å². The summed E-state index contributed by atoms with van der Waals surface area (Å²) in [4.78, 5) is 7.49. The van der Waals surface area contributed by atoms with E-state index in [2.05, 4.69) is 64.4 Å². The van der Waals surface area contributed by atoms with Gasteiger partial charge in [-0.2, -0.15) is 0 Å². The van der Waals surface area contributed by atoms with E-state index in [1.54, 1.807) is 0 Å². The van der Waals surface area contributed by atoms with E-state index < -0.39 is 0 Å². The van der Waals surface area contributed by atoms with Crippen molar-refractivity contribution in [1.82, 2.24) is 20.0 Å². The predicted molar refractivity (Wildman–Crippen MR) is 92.2 cm³/mol.